The summed E-state index contributed by atoms with van der Waals surface area (Å²) in [6, 6.07) is 12.2. The Bertz CT molecular complexity index is 2050. The minimum Gasteiger partial charge on any atom is -0.495 e. The zero-order valence-corrected chi connectivity index (χ0v) is 37.2. The van der Waals surface area contributed by atoms with Crippen molar-refractivity contribution in [3.8, 4) is 5.75 Å². The Morgan fingerprint density at radius 1 is 1.06 bits per heavy atom. The van der Waals surface area contributed by atoms with E-state index >= 15 is 0 Å². The predicted octanol–water partition coefficient (Wildman–Crippen LogP) is 4.80. The minimum atomic E-state index is -1.23. The van der Waals surface area contributed by atoms with Gasteiger partial charge in [0.1, 0.15) is 29.7 Å². The van der Waals surface area contributed by atoms with E-state index in [9.17, 15) is 24.0 Å². The molecule has 0 aliphatic carbocycles. The highest BCUT2D eigenvalue weighted by Gasteiger charge is 2.48. The van der Waals surface area contributed by atoms with Crippen molar-refractivity contribution in [2.45, 2.75) is 117 Å². The number of amides is 2. The fourth-order valence-electron chi connectivity index (χ4n) is 6.91. The van der Waals surface area contributed by atoms with Gasteiger partial charge in [0.25, 0.3) is 0 Å². The molecule has 1 saturated heterocycles. The van der Waals surface area contributed by atoms with Crippen LogP contribution in [0.15, 0.2) is 60.8 Å². The molecule has 5 rings (SSSR count). The highest BCUT2D eigenvalue weighted by Crippen LogP contribution is 2.45. The Hall–Kier alpha value is -5.32. The molecule has 1 aromatic heterocycles. The first-order valence-corrected chi connectivity index (χ1v) is 21.5. The monoisotopic (exact) mass is 878 g/mol. The summed E-state index contributed by atoms with van der Waals surface area (Å²) in [5.74, 6) is -2.64. The van der Waals surface area contributed by atoms with Gasteiger partial charge >= 0.3 is 17.9 Å². The van der Waals surface area contributed by atoms with Crippen molar-refractivity contribution in [1.82, 2.24) is 31.1 Å². The summed E-state index contributed by atoms with van der Waals surface area (Å²) in [5, 5.41) is 17.1. The number of epoxide rings is 1. The molecule has 2 aliphatic rings. The topological polar surface area (TPSA) is 202 Å². The third-order valence-electron chi connectivity index (χ3n) is 10.7. The van der Waals surface area contributed by atoms with Gasteiger partial charge in [-0.1, -0.05) is 80.5 Å². The van der Waals surface area contributed by atoms with E-state index in [2.05, 4.69) is 26.3 Å². The lowest BCUT2D eigenvalue weighted by atomic mass is 9.92. The summed E-state index contributed by atoms with van der Waals surface area (Å²) in [7, 11) is 1.50. The van der Waals surface area contributed by atoms with Crippen LogP contribution in [0.3, 0.4) is 0 Å². The van der Waals surface area contributed by atoms with E-state index in [4.69, 9.17) is 35.4 Å². The highest BCUT2D eigenvalue weighted by atomic mass is 35.5. The molecule has 2 aliphatic heterocycles. The maximum atomic E-state index is 13.8. The van der Waals surface area contributed by atoms with Crippen LogP contribution in [-0.2, 0) is 57.6 Å². The van der Waals surface area contributed by atoms with Crippen LogP contribution in [0.2, 0.25) is 5.02 Å². The average molecular weight is 879 g/mol. The SMILES string of the molecule is CCCC(=O)On1cc(CNCCc2ccc([C@H]3O[C@@H]3[C@@H](C)[C@@H]3CC=CC(=O)N[C@H](Cc4ccc(OC)c(Cl)c4)C(=O)NCC(C)(C)C(=O)O[C@@H](CC(C)C)C(=O)O3)cc2)nn1. The number of carbonyl (C=O) groups excluding carboxylic acids is 5. The number of cyclic esters (lactones) is 2. The number of hydrogen-bond donors (Lipinski definition) is 3. The van der Waals surface area contributed by atoms with Crippen molar-refractivity contribution in [2.24, 2.45) is 17.3 Å². The molecule has 16 nitrogen and oxygen atoms in total. The van der Waals surface area contributed by atoms with Gasteiger partial charge in [-0.2, -0.15) is 0 Å². The molecule has 17 heteroatoms. The molecule has 3 N–H and O–H groups in total. The lowest BCUT2D eigenvalue weighted by Gasteiger charge is -2.29. The van der Waals surface area contributed by atoms with Gasteiger partial charge in [0.2, 0.25) is 11.8 Å². The van der Waals surface area contributed by atoms with Gasteiger partial charge in [0, 0.05) is 38.3 Å². The zero-order chi connectivity index (χ0) is 45.0. The minimum absolute atomic E-state index is 0.0132. The lowest BCUT2D eigenvalue weighted by Crippen LogP contribution is -2.51. The molecule has 2 aromatic carbocycles. The first-order chi connectivity index (χ1) is 29.6. The van der Waals surface area contributed by atoms with E-state index in [-0.39, 0.29) is 55.8 Å². The fraction of sp³-hybridized carbons (Fsp3) is 0.533. The van der Waals surface area contributed by atoms with Crippen molar-refractivity contribution in [3.05, 3.63) is 88.2 Å². The van der Waals surface area contributed by atoms with Gasteiger partial charge in [-0.3, -0.25) is 14.4 Å². The number of methoxy groups -OCH3 is 1. The van der Waals surface area contributed by atoms with Gasteiger partial charge in [-0.15, -0.1) is 5.10 Å². The number of hydrogen-bond acceptors (Lipinski definition) is 13. The fourth-order valence-corrected chi connectivity index (χ4v) is 7.19. The molecule has 62 heavy (non-hydrogen) atoms. The van der Waals surface area contributed by atoms with Gasteiger partial charge in [0.05, 0.1) is 29.8 Å². The number of aromatic nitrogens is 3. The molecular formula is C45H59ClN6O10. The molecule has 1 fully saturated rings. The molecule has 0 radical (unpaired) electrons. The molecule has 6 atom stereocenters. The van der Waals surface area contributed by atoms with Crippen molar-refractivity contribution in [2.75, 3.05) is 20.2 Å². The second-order valence-corrected chi connectivity index (χ2v) is 17.3. The smallest absolute Gasteiger partial charge is 0.347 e. The Morgan fingerprint density at radius 3 is 2.50 bits per heavy atom. The summed E-state index contributed by atoms with van der Waals surface area (Å²) < 4.78 is 23.4. The van der Waals surface area contributed by atoms with Crippen LogP contribution in [0.5, 0.6) is 5.75 Å². The molecule has 2 amide bonds. The third kappa shape index (κ3) is 13.8. The van der Waals surface area contributed by atoms with E-state index < -0.39 is 47.4 Å². The van der Waals surface area contributed by atoms with Crippen LogP contribution in [-0.4, -0.2) is 89.4 Å². The summed E-state index contributed by atoms with van der Waals surface area (Å²) in [4.78, 5) is 72.2. The van der Waals surface area contributed by atoms with E-state index in [1.165, 1.54) is 13.2 Å². The van der Waals surface area contributed by atoms with Gasteiger partial charge < -0.3 is 39.7 Å². The molecule has 336 valence electrons. The normalized spacial score (nSPS) is 22.6. The van der Waals surface area contributed by atoms with Gasteiger partial charge in [-0.25, -0.2) is 9.59 Å². The van der Waals surface area contributed by atoms with Gasteiger partial charge in [-0.05, 0) is 85.7 Å². The number of nitrogens with one attached hydrogen (secondary N) is 3. The number of carbonyl (C=O) groups is 5. The van der Waals surface area contributed by atoms with Crippen molar-refractivity contribution in [3.63, 3.8) is 0 Å². The van der Waals surface area contributed by atoms with Crippen LogP contribution >= 0.6 is 11.6 Å². The summed E-state index contributed by atoms with van der Waals surface area (Å²) in [6.07, 6.45) is 4.25. The molecule has 3 aromatic rings. The first kappa shape index (κ1) is 47.7. The van der Waals surface area contributed by atoms with Crippen LogP contribution in [0.1, 0.15) is 95.7 Å². The quantitative estimate of drug-likeness (QED) is 0.0768. The number of nitrogens with zero attached hydrogens (tertiary/aromatic N) is 3. The zero-order valence-electron chi connectivity index (χ0n) is 36.5. The number of ether oxygens (including phenoxy) is 4. The molecule has 0 bridgehead atoms. The second kappa shape index (κ2) is 22.2. The average Bonchev–Trinajstić information content (AvgIpc) is 3.91. The summed E-state index contributed by atoms with van der Waals surface area (Å²) >= 11 is 6.36. The molecular weight excluding hydrogens is 820 g/mol. The Labute approximate surface area is 367 Å². The van der Waals surface area contributed by atoms with Crippen LogP contribution in [0.4, 0.5) is 0 Å². The third-order valence-corrected chi connectivity index (χ3v) is 10.9. The van der Waals surface area contributed by atoms with E-state index in [0.717, 1.165) is 22.4 Å². The van der Waals surface area contributed by atoms with E-state index in [0.29, 0.717) is 48.0 Å². The number of rotatable bonds is 16. The molecule has 0 unspecified atom stereocenters. The van der Waals surface area contributed by atoms with Crippen LogP contribution in [0, 0.1) is 17.3 Å². The predicted molar refractivity (Wildman–Crippen MR) is 229 cm³/mol. The van der Waals surface area contributed by atoms with E-state index in [1.54, 1.807) is 44.3 Å². The highest BCUT2D eigenvalue weighted by molar-refractivity contribution is 6.32. The maximum absolute atomic E-state index is 13.8. The number of benzene rings is 2. The first-order valence-electron chi connectivity index (χ1n) is 21.1. The Kier molecular flexibility index (Phi) is 17.1. The molecule has 0 saturated carbocycles. The van der Waals surface area contributed by atoms with Crippen LogP contribution < -0.4 is 25.5 Å². The summed E-state index contributed by atoms with van der Waals surface area (Å²) in [6.45, 7) is 11.9. The summed E-state index contributed by atoms with van der Waals surface area (Å²) in [5.41, 5.74) is 2.18. The Morgan fingerprint density at radius 2 is 1.81 bits per heavy atom. The maximum Gasteiger partial charge on any atom is 0.347 e. The lowest BCUT2D eigenvalue weighted by molar-refractivity contribution is -0.179. The molecule has 3 heterocycles. The van der Waals surface area contributed by atoms with Crippen molar-refractivity contribution < 1.29 is 47.8 Å². The Balaban J connectivity index is 1.25. The van der Waals surface area contributed by atoms with Crippen LogP contribution in [0.25, 0.3) is 0 Å². The van der Waals surface area contributed by atoms with Crippen molar-refractivity contribution >= 4 is 41.3 Å². The van der Waals surface area contributed by atoms with Crippen molar-refractivity contribution in [1.29, 1.82) is 0 Å². The standard InChI is InChI=1S/C45H59ClN6O10/c1-8-10-39(54)62-52-25-32(50-51-52)24-47-20-19-29-13-16-31(17-14-29)41-40(61-41)28(4)35-11-9-12-38(53)49-34(23-30-15-18-36(58-7)33(46)22-30)42(55)48-26-45(5,6)44(57)60-37(21-27(2)3)43(56)59-35/h9,12-18,22,25,27-28,34-35,37,40-41,47H,8,10-11,19-21,23-24,26H2,1-7H3,(H,48,55)(H,49,53)/t28-,34+,35-,37-,40+,41+/m0/s1. The second-order valence-electron chi connectivity index (χ2n) is 16.8. The number of halogens is 1. The van der Waals surface area contributed by atoms with Gasteiger partial charge in [0.15, 0.2) is 6.10 Å². The molecule has 0 spiro atoms. The number of esters is 2. The largest absolute Gasteiger partial charge is 0.495 e. The van der Waals surface area contributed by atoms with E-state index in [1.807, 2.05) is 52.0 Å².